The summed E-state index contributed by atoms with van der Waals surface area (Å²) in [5, 5.41) is 0. The Bertz CT molecular complexity index is 207. The van der Waals surface area contributed by atoms with Crippen LogP contribution in [0.5, 0.6) is 0 Å². The van der Waals surface area contributed by atoms with Crippen LogP contribution in [-0.4, -0.2) is 30.0 Å². The Kier molecular flexibility index (Phi) is 6.80. The standard InChI is InChI=1S/C7H15N5S/c1-2-4-13-5-3-11-7(10)12-6(8)9/h2H,1,3-5H2,(H6,8,9,10,11,12). The third-order valence-corrected chi connectivity index (χ3v) is 1.93. The van der Waals surface area contributed by atoms with Crippen LogP contribution in [0.25, 0.3) is 0 Å². The molecule has 0 aliphatic rings. The summed E-state index contributed by atoms with van der Waals surface area (Å²) in [5.74, 6) is 1.85. The zero-order valence-electron chi connectivity index (χ0n) is 7.44. The fraction of sp³-hybridized carbons (Fsp3) is 0.429. The number of nitrogens with two attached hydrogens (primary N) is 3. The van der Waals surface area contributed by atoms with Gasteiger partial charge in [-0.2, -0.15) is 16.8 Å². The first-order valence-electron chi connectivity index (χ1n) is 3.75. The van der Waals surface area contributed by atoms with Gasteiger partial charge in [-0.3, -0.25) is 4.99 Å². The molecule has 74 valence electrons. The quantitative estimate of drug-likeness (QED) is 0.241. The lowest BCUT2D eigenvalue weighted by atomic mass is 10.7. The maximum atomic E-state index is 5.36. The highest BCUT2D eigenvalue weighted by atomic mass is 32.2. The highest BCUT2D eigenvalue weighted by molar-refractivity contribution is 7.99. The molecule has 0 saturated carbocycles. The Labute approximate surface area is 82.2 Å². The fourth-order valence-corrected chi connectivity index (χ4v) is 1.11. The number of thioether (sulfide) groups is 1. The molecule has 0 aromatic carbocycles. The zero-order chi connectivity index (χ0) is 10.1. The number of nitrogens with zero attached hydrogens (tertiary/aromatic N) is 2. The minimum absolute atomic E-state index is 0.0694. The molecular weight excluding hydrogens is 186 g/mol. The van der Waals surface area contributed by atoms with Gasteiger partial charge in [0.15, 0.2) is 5.96 Å². The summed E-state index contributed by atoms with van der Waals surface area (Å²) in [7, 11) is 0. The summed E-state index contributed by atoms with van der Waals surface area (Å²) in [6.07, 6.45) is 1.84. The van der Waals surface area contributed by atoms with Crippen LogP contribution >= 0.6 is 11.8 Å². The number of aliphatic imine (C=N–C) groups is 2. The van der Waals surface area contributed by atoms with Crippen molar-refractivity contribution in [2.45, 2.75) is 0 Å². The van der Waals surface area contributed by atoms with Crippen molar-refractivity contribution >= 4 is 23.7 Å². The summed E-state index contributed by atoms with van der Waals surface area (Å²) >= 11 is 1.72. The van der Waals surface area contributed by atoms with E-state index in [-0.39, 0.29) is 11.9 Å². The highest BCUT2D eigenvalue weighted by Crippen LogP contribution is 1.98. The Morgan fingerprint density at radius 3 is 2.62 bits per heavy atom. The van der Waals surface area contributed by atoms with Crippen LogP contribution < -0.4 is 17.2 Å². The van der Waals surface area contributed by atoms with Gasteiger partial charge in [0, 0.05) is 11.5 Å². The number of hydrogen-bond acceptors (Lipinski definition) is 2. The predicted octanol–water partition coefficient (Wildman–Crippen LogP) is -0.506. The largest absolute Gasteiger partial charge is 0.370 e. The van der Waals surface area contributed by atoms with E-state index in [1.54, 1.807) is 11.8 Å². The number of rotatable bonds is 5. The monoisotopic (exact) mass is 201 g/mol. The van der Waals surface area contributed by atoms with Crippen molar-refractivity contribution in [3.8, 4) is 0 Å². The van der Waals surface area contributed by atoms with Crippen molar-refractivity contribution in [2.75, 3.05) is 18.1 Å². The van der Waals surface area contributed by atoms with Crippen LogP contribution in [-0.2, 0) is 0 Å². The Morgan fingerprint density at radius 2 is 2.08 bits per heavy atom. The van der Waals surface area contributed by atoms with E-state index in [1.165, 1.54) is 0 Å². The highest BCUT2D eigenvalue weighted by Gasteiger charge is 1.88. The summed E-state index contributed by atoms with van der Waals surface area (Å²) in [6, 6.07) is 0. The van der Waals surface area contributed by atoms with E-state index in [0.717, 1.165) is 11.5 Å². The molecule has 0 aromatic rings. The molecular formula is C7H15N5S. The van der Waals surface area contributed by atoms with E-state index in [2.05, 4.69) is 16.6 Å². The van der Waals surface area contributed by atoms with Gasteiger partial charge in [0.1, 0.15) is 0 Å². The average molecular weight is 201 g/mol. The zero-order valence-corrected chi connectivity index (χ0v) is 8.26. The lowest BCUT2D eigenvalue weighted by Crippen LogP contribution is -2.26. The topological polar surface area (TPSA) is 103 Å². The lowest BCUT2D eigenvalue weighted by molar-refractivity contribution is 1.12. The Balaban J connectivity index is 3.59. The third kappa shape index (κ3) is 8.74. The van der Waals surface area contributed by atoms with Gasteiger partial charge in [0.05, 0.1) is 6.54 Å². The van der Waals surface area contributed by atoms with Crippen LogP contribution in [0.15, 0.2) is 22.6 Å². The van der Waals surface area contributed by atoms with E-state index in [4.69, 9.17) is 17.2 Å². The van der Waals surface area contributed by atoms with E-state index in [1.807, 2.05) is 6.08 Å². The molecule has 0 fully saturated rings. The van der Waals surface area contributed by atoms with E-state index in [9.17, 15) is 0 Å². The molecule has 0 aromatic heterocycles. The summed E-state index contributed by atoms with van der Waals surface area (Å²) in [5.41, 5.74) is 15.5. The molecule has 0 radical (unpaired) electrons. The van der Waals surface area contributed by atoms with Crippen molar-refractivity contribution in [3.63, 3.8) is 0 Å². The Hall–Kier alpha value is -1.17. The van der Waals surface area contributed by atoms with Crippen LogP contribution in [0.4, 0.5) is 0 Å². The van der Waals surface area contributed by atoms with Gasteiger partial charge in [-0.15, -0.1) is 6.58 Å². The van der Waals surface area contributed by atoms with Crippen LogP contribution in [0, 0.1) is 0 Å². The SMILES string of the molecule is C=CCSCCN=C(N)N=C(N)N. The predicted molar refractivity (Wildman–Crippen MR) is 59.8 cm³/mol. The maximum absolute atomic E-state index is 5.36. The molecule has 13 heavy (non-hydrogen) atoms. The minimum Gasteiger partial charge on any atom is -0.370 e. The first kappa shape index (κ1) is 11.8. The minimum atomic E-state index is -0.0694. The van der Waals surface area contributed by atoms with Gasteiger partial charge in [0.25, 0.3) is 0 Å². The van der Waals surface area contributed by atoms with Crippen LogP contribution in [0.1, 0.15) is 0 Å². The average Bonchev–Trinajstić information content (AvgIpc) is 2.02. The number of hydrogen-bond donors (Lipinski definition) is 3. The van der Waals surface area contributed by atoms with Gasteiger partial charge in [-0.05, 0) is 0 Å². The maximum Gasteiger partial charge on any atom is 0.218 e. The van der Waals surface area contributed by atoms with Crippen molar-refractivity contribution in [1.82, 2.24) is 0 Å². The van der Waals surface area contributed by atoms with Crippen LogP contribution in [0.3, 0.4) is 0 Å². The number of guanidine groups is 2. The molecule has 0 heterocycles. The molecule has 0 aliphatic carbocycles. The molecule has 0 amide bonds. The molecule has 0 rings (SSSR count). The molecule has 5 nitrogen and oxygen atoms in total. The normalized spacial score (nSPS) is 10.9. The van der Waals surface area contributed by atoms with Gasteiger partial charge in [0.2, 0.25) is 5.96 Å². The van der Waals surface area contributed by atoms with Gasteiger partial charge in [-0.25, -0.2) is 0 Å². The second-order valence-corrected chi connectivity index (χ2v) is 3.29. The molecule has 0 unspecified atom stereocenters. The molecule has 0 aliphatic heterocycles. The van der Waals surface area contributed by atoms with Crippen molar-refractivity contribution in [1.29, 1.82) is 0 Å². The third-order valence-electron chi connectivity index (χ3n) is 0.989. The van der Waals surface area contributed by atoms with Gasteiger partial charge < -0.3 is 17.2 Å². The smallest absolute Gasteiger partial charge is 0.218 e. The molecule has 0 atom stereocenters. The second kappa shape index (κ2) is 7.48. The summed E-state index contributed by atoms with van der Waals surface area (Å²) in [4.78, 5) is 7.49. The second-order valence-electron chi connectivity index (χ2n) is 2.14. The molecule has 0 saturated heterocycles. The molecule has 0 bridgehead atoms. The fourth-order valence-electron chi connectivity index (χ4n) is 0.559. The van der Waals surface area contributed by atoms with Crippen molar-refractivity contribution < 1.29 is 0 Å². The van der Waals surface area contributed by atoms with Crippen molar-refractivity contribution in [3.05, 3.63) is 12.7 Å². The van der Waals surface area contributed by atoms with Gasteiger partial charge >= 0.3 is 0 Å². The molecule has 6 heteroatoms. The van der Waals surface area contributed by atoms with E-state index < -0.39 is 0 Å². The first-order chi connectivity index (χ1) is 6.16. The molecule has 0 spiro atoms. The van der Waals surface area contributed by atoms with E-state index >= 15 is 0 Å². The first-order valence-corrected chi connectivity index (χ1v) is 4.90. The van der Waals surface area contributed by atoms with Crippen LogP contribution in [0.2, 0.25) is 0 Å². The van der Waals surface area contributed by atoms with Crippen molar-refractivity contribution in [2.24, 2.45) is 27.2 Å². The summed E-state index contributed by atoms with van der Waals surface area (Å²) in [6.45, 7) is 4.21. The summed E-state index contributed by atoms with van der Waals surface area (Å²) < 4.78 is 0. The Morgan fingerprint density at radius 1 is 1.38 bits per heavy atom. The van der Waals surface area contributed by atoms with E-state index in [0.29, 0.717) is 6.54 Å². The van der Waals surface area contributed by atoms with Gasteiger partial charge in [-0.1, -0.05) is 6.08 Å². The molecule has 6 N–H and O–H groups in total. The lowest BCUT2D eigenvalue weighted by Gasteiger charge is -1.95.